The molecule has 17 heavy (non-hydrogen) atoms. The molecule has 1 atom stereocenters. The fourth-order valence-corrected chi connectivity index (χ4v) is 1.29. The van der Waals surface area contributed by atoms with Gasteiger partial charge in [0.1, 0.15) is 0 Å². The first kappa shape index (κ1) is 15.4. The molecule has 96 valence electrons. The highest BCUT2D eigenvalue weighted by Gasteiger charge is 2.09. The second-order valence-electron chi connectivity index (χ2n) is 3.78. The molecule has 0 aliphatic rings. The summed E-state index contributed by atoms with van der Waals surface area (Å²) >= 11 is 0. The van der Waals surface area contributed by atoms with Gasteiger partial charge < -0.3 is 9.47 Å². The summed E-state index contributed by atoms with van der Waals surface area (Å²) in [5, 5.41) is 0. The molecule has 0 fully saturated rings. The molecule has 0 N–H and O–H groups in total. The average molecular weight is 240 g/mol. The second kappa shape index (κ2) is 8.56. The van der Waals surface area contributed by atoms with Crippen LogP contribution in [0.2, 0.25) is 0 Å². The number of methoxy groups -OCH3 is 2. The lowest BCUT2D eigenvalue weighted by Crippen LogP contribution is -2.05. The Balaban J connectivity index is 4.20. The molecule has 0 heterocycles. The Labute approximate surface area is 102 Å². The van der Waals surface area contributed by atoms with Crippen molar-refractivity contribution >= 4 is 11.9 Å². The number of rotatable bonds is 7. The topological polar surface area (TPSA) is 52.6 Å². The number of carbonyl (C=O) groups excluding carboxylic acids is 2. The van der Waals surface area contributed by atoms with Crippen LogP contribution in [0.1, 0.15) is 26.2 Å². The highest BCUT2D eigenvalue weighted by atomic mass is 16.5. The minimum absolute atomic E-state index is 0.0822. The van der Waals surface area contributed by atoms with Crippen LogP contribution in [-0.4, -0.2) is 26.2 Å². The lowest BCUT2D eigenvalue weighted by molar-refractivity contribution is -0.141. The normalized spacial score (nSPS) is 12.2. The van der Waals surface area contributed by atoms with Gasteiger partial charge in [-0.1, -0.05) is 24.3 Å². The maximum absolute atomic E-state index is 11.0. The summed E-state index contributed by atoms with van der Waals surface area (Å²) < 4.78 is 9.09. The molecule has 4 nitrogen and oxygen atoms in total. The van der Waals surface area contributed by atoms with E-state index in [4.69, 9.17) is 0 Å². The number of hydrogen-bond donors (Lipinski definition) is 0. The molecule has 0 amide bonds. The first-order chi connectivity index (χ1) is 8.01. The molecule has 0 saturated carbocycles. The van der Waals surface area contributed by atoms with Crippen LogP contribution < -0.4 is 0 Å². The first-order valence-corrected chi connectivity index (χ1v) is 5.47. The van der Waals surface area contributed by atoms with Gasteiger partial charge in [-0.15, -0.1) is 0 Å². The van der Waals surface area contributed by atoms with Crippen molar-refractivity contribution in [3.63, 3.8) is 0 Å². The first-order valence-electron chi connectivity index (χ1n) is 5.47. The average Bonchev–Trinajstić information content (AvgIpc) is 2.31. The minimum atomic E-state index is -0.283. The molecule has 0 bridgehead atoms. The lowest BCUT2D eigenvalue weighted by atomic mass is 9.95. The van der Waals surface area contributed by atoms with Crippen molar-refractivity contribution in [3.05, 3.63) is 24.3 Å². The third-order valence-electron chi connectivity index (χ3n) is 2.40. The van der Waals surface area contributed by atoms with Gasteiger partial charge >= 0.3 is 11.9 Å². The fraction of sp³-hybridized carbons (Fsp3) is 0.538. The van der Waals surface area contributed by atoms with Gasteiger partial charge in [-0.3, -0.25) is 9.59 Å². The van der Waals surface area contributed by atoms with Crippen LogP contribution in [-0.2, 0) is 19.1 Å². The van der Waals surface area contributed by atoms with E-state index in [0.29, 0.717) is 12.8 Å². The zero-order valence-electron chi connectivity index (χ0n) is 10.7. The van der Waals surface area contributed by atoms with E-state index in [1.54, 1.807) is 6.08 Å². The summed E-state index contributed by atoms with van der Waals surface area (Å²) in [6.45, 7) is 5.75. The number of carbonyl (C=O) groups is 2. The second-order valence-corrected chi connectivity index (χ2v) is 3.78. The Bertz CT molecular complexity index is 305. The Morgan fingerprint density at radius 3 is 2.29 bits per heavy atom. The summed E-state index contributed by atoms with van der Waals surface area (Å²) in [5.41, 5.74) is 0.954. The summed E-state index contributed by atoms with van der Waals surface area (Å²) in [5.74, 6) is -0.439. The summed E-state index contributed by atoms with van der Waals surface area (Å²) in [6, 6.07) is 0. The zero-order valence-corrected chi connectivity index (χ0v) is 10.7. The Kier molecular flexibility index (Phi) is 7.76. The van der Waals surface area contributed by atoms with Crippen LogP contribution in [0, 0.1) is 5.92 Å². The Hall–Kier alpha value is -1.58. The predicted molar refractivity (Wildman–Crippen MR) is 65.3 cm³/mol. The van der Waals surface area contributed by atoms with Crippen molar-refractivity contribution in [3.8, 4) is 0 Å². The molecule has 0 spiro atoms. The van der Waals surface area contributed by atoms with Crippen LogP contribution in [0.4, 0.5) is 0 Å². The monoisotopic (exact) mass is 240 g/mol. The van der Waals surface area contributed by atoms with Crippen molar-refractivity contribution in [1.82, 2.24) is 0 Å². The molecular weight excluding hydrogens is 220 g/mol. The summed E-state index contributed by atoms with van der Waals surface area (Å²) in [7, 11) is 2.72. The Morgan fingerprint density at radius 1 is 1.24 bits per heavy atom. The van der Waals surface area contributed by atoms with E-state index in [0.717, 1.165) is 5.57 Å². The predicted octanol–water partition coefficient (Wildman–Crippen LogP) is 2.25. The van der Waals surface area contributed by atoms with E-state index in [2.05, 4.69) is 16.1 Å². The van der Waals surface area contributed by atoms with Crippen LogP contribution >= 0.6 is 0 Å². The van der Waals surface area contributed by atoms with Gasteiger partial charge in [0.25, 0.3) is 0 Å². The van der Waals surface area contributed by atoms with Gasteiger partial charge in [0.2, 0.25) is 0 Å². The molecule has 0 saturated heterocycles. The number of allylic oxidation sites excluding steroid dienone is 2. The van der Waals surface area contributed by atoms with Crippen LogP contribution in [0.3, 0.4) is 0 Å². The van der Waals surface area contributed by atoms with Gasteiger partial charge in [0.15, 0.2) is 0 Å². The molecule has 4 heteroatoms. The van der Waals surface area contributed by atoms with Gasteiger partial charge in [-0.2, -0.15) is 0 Å². The molecule has 0 aromatic heterocycles. The highest BCUT2D eigenvalue weighted by molar-refractivity contribution is 5.71. The van der Waals surface area contributed by atoms with E-state index < -0.39 is 0 Å². The van der Waals surface area contributed by atoms with E-state index >= 15 is 0 Å². The van der Waals surface area contributed by atoms with E-state index in [-0.39, 0.29) is 24.3 Å². The number of ether oxygens (including phenoxy) is 2. The van der Waals surface area contributed by atoms with Crippen molar-refractivity contribution in [2.45, 2.75) is 26.2 Å². The molecule has 0 aromatic carbocycles. The lowest BCUT2D eigenvalue weighted by Gasteiger charge is -2.11. The largest absolute Gasteiger partial charge is 0.469 e. The molecular formula is C13H20O4. The molecule has 1 unspecified atom stereocenters. The van der Waals surface area contributed by atoms with E-state index in [1.165, 1.54) is 14.2 Å². The fourth-order valence-electron chi connectivity index (χ4n) is 1.29. The van der Waals surface area contributed by atoms with E-state index in [1.807, 2.05) is 13.0 Å². The maximum atomic E-state index is 11.0. The minimum Gasteiger partial charge on any atom is -0.469 e. The van der Waals surface area contributed by atoms with E-state index in [9.17, 15) is 9.59 Å². The highest BCUT2D eigenvalue weighted by Crippen LogP contribution is 2.17. The summed E-state index contributed by atoms with van der Waals surface area (Å²) in [4.78, 5) is 21.9. The quantitative estimate of drug-likeness (QED) is 0.506. The molecule has 0 radical (unpaired) electrons. The van der Waals surface area contributed by atoms with Gasteiger partial charge in [-0.25, -0.2) is 0 Å². The molecule has 0 aromatic rings. The van der Waals surface area contributed by atoms with Crippen LogP contribution in [0.5, 0.6) is 0 Å². The van der Waals surface area contributed by atoms with Gasteiger partial charge in [-0.05, 0) is 19.3 Å². The zero-order chi connectivity index (χ0) is 13.3. The maximum Gasteiger partial charge on any atom is 0.309 e. The van der Waals surface area contributed by atoms with Crippen molar-refractivity contribution in [2.75, 3.05) is 14.2 Å². The van der Waals surface area contributed by atoms with Crippen LogP contribution in [0.25, 0.3) is 0 Å². The van der Waals surface area contributed by atoms with Gasteiger partial charge in [0, 0.05) is 6.42 Å². The third-order valence-corrected chi connectivity index (χ3v) is 2.40. The smallest absolute Gasteiger partial charge is 0.309 e. The molecule has 0 aliphatic heterocycles. The molecule has 0 rings (SSSR count). The summed E-state index contributed by atoms with van der Waals surface area (Å²) in [6.07, 6.45) is 4.83. The van der Waals surface area contributed by atoms with Crippen LogP contribution in [0.15, 0.2) is 24.3 Å². The Morgan fingerprint density at radius 2 is 1.82 bits per heavy atom. The van der Waals surface area contributed by atoms with Crippen molar-refractivity contribution < 1.29 is 19.1 Å². The van der Waals surface area contributed by atoms with Crippen molar-refractivity contribution in [2.24, 2.45) is 5.92 Å². The van der Waals surface area contributed by atoms with Gasteiger partial charge in [0.05, 0.1) is 20.6 Å². The number of esters is 2. The standard InChI is InChI=1S/C13H20O4/c1-10(2)11(8-9-13(15)17-4)6-5-7-12(14)16-3/h5-6,11H,1,7-9H2,2-4H3/b6-5+. The number of hydrogen-bond acceptors (Lipinski definition) is 4. The molecule has 0 aliphatic carbocycles. The third kappa shape index (κ3) is 7.33. The SMILES string of the molecule is C=C(C)C(/C=C/CC(=O)OC)CCC(=O)OC. The van der Waals surface area contributed by atoms with Crippen molar-refractivity contribution in [1.29, 1.82) is 0 Å².